The van der Waals surface area contributed by atoms with E-state index in [9.17, 15) is 26.7 Å². The molecule has 0 aliphatic rings. The molecule has 1 aromatic rings. The minimum Gasteiger partial charge on any atom is -0.387 e. The highest BCUT2D eigenvalue weighted by Crippen LogP contribution is 2.32. The van der Waals surface area contributed by atoms with Gasteiger partial charge in [0.1, 0.15) is 6.07 Å². The number of nitrogens with zero attached hydrogens (tertiary/aromatic N) is 2. The van der Waals surface area contributed by atoms with Gasteiger partial charge in [-0.25, -0.2) is 13.8 Å². The highest BCUT2D eigenvalue weighted by Gasteiger charge is 2.34. The van der Waals surface area contributed by atoms with E-state index in [4.69, 9.17) is 5.26 Å². The first kappa shape index (κ1) is 13.8. The van der Waals surface area contributed by atoms with Gasteiger partial charge in [-0.2, -0.15) is 5.26 Å². The first-order valence-electron chi connectivity index (χ1n) is 4.22. The summed E-state index contributed by atoms with van der Waals surface area (Å²) in [5.41, 5.74) is -2.48. The molecule has 9 heteroatoms. The Morgan fingerprint density at radius 1 is 1.44 bits per heavy atom. The highest BCUT2D eigenvalue weighted by molar-refractivity contribution is 5.78. The third-order valence-corrected chi connectivity index (χ3v) is 1.73. The molecule has 18 heavy (non-hydrogen) atoms. The Morgan fingerprint density at radius 2 is 2.06 bits per heavy atom. The van der Waals surface area contributed by atoms with E-state index in [0.717, 1.165) is 0 Å². The highest BCUT2D eigenvalue weighted by atomic mass is 19.4. The van der Waals surface area contributed by atoms with Gasteiger partial charge in [-0.15, -0.1) is 13.2 Å². The molecule has 1 heterocycles. The van der Waals surface area contributed by atoms with E-state index in [1.807, 2.05) is 0 Å². The fraction of sp³-hybridized carbons (Fsp3) is 0.222. The van der Waals surface area contributed by atoms with Gasteiger partial charge in [0.05, 0.1) is 11.1 Å². The molecular formula is C9H3F5N2O2. The predicted molar refractivity (Wildman–Crippen MR) is 46.0 cm³/mol. The van der Waals surface area contributed by atoms with Crippen molar-refractivity contribution in [3.05, 3.63) is 22.9 Å². The molecule has 0 amide bonds. The van der Waals surface area contributed by atoms with Gasteiger partial charge in [-0.1, -0.05) is 0 Å². The standard InChI is InChI=1S/C9H3F5N2O2/c10-7(11)5-1-4(3-17)6(2-15)16-8(5)18-9(12,13)14/h1,3,7H. The molecular weight excluding hydrogens is 263 g/mol. The molecule has 4 nitrogen and oxygen atoms in total. The third-order valence-electron chi connectivity index (χ3n) is 1.73. The number of rotatable bonds is 3. The molecule has 0 spiro atoms. The second-order valence-electron chi connectivity index (χ2n) is 2.90. The number of hydrogen-bond donors (Lipinski definition) is 0. The van der Waals surface area contributed by atoms with Crippen molar-refractivity contribution in [3.8, 4) is 11.9 Å². The van der Waals surface area contributed by atoms with Crippen molar-refractivity contribution in [2.45, 2.75) is 12.8 Å². The average Bonchev–Trinajstić information content (AvgIpc) is 2.25. The number of aldehydes is 1. The summed E-state index contributed by atoms with van der Waals surface area (Å²) < 4.78 is 64.0. The monoisotopic (exact) mass is 266 g/mol. The third kappa shape index (κ3) is 3.13. The number of aromatic nitrogens is 1. The second-order valence-corrected chi connectivity index (χ2v) is 2.90. The number of pyridine rings is 1. The number of alkyl halides is 5. The predicted octanol–water partition coefficient (Wildman–Crippen LogP) is 2.60. The fourth-order valence-electron chi connectivity index (χ4n) is 1.06. The van der Waals surface area contributed by atoms with E-state index >= 15 is 0 Å². The van der Waals surface area contributed by atoms with E-state index in [0.29, 0.717) is 6.07 Å². The minimum absolute atomic E-state index is 0.0365. The molecule has 0 atom stereocenters. The minimum atomic E-state index is -5.23. The molecule has 0 fully saturated rings. The summed E-state index contributed by atoms with van der Waals surface area (Å²) in [6.45, 7) is 0. The number of hydrogen-bond acceptors (Lipinski definition) is 4. The lowest BCUT2D eigenvalue weighted by Gasteiger charge is -2.12. The summed E-state index contributed by atoms with van der Waals surface area (Å²) in [5, 5.41) is 8.51. The molecule has 1 aromatic heterocycles. The topological polar surface area (TPSA) is 63.0 Å². The average molecular weight is 266 g/mol. The SMILES string of the molecule is N#Cc1nc(OC(F)(F)F)c(C(F)F)cc1C=O. The van der Waals surface area contributed by atoms with Gasteiger partial charge >= 0.3 is 6.36 Å². The van der Waals surface area contributed by atoms with Gasteiger partial charge in [0.2, 0.25) is 5.88 Å². The summed E-state index contributed by atoms with van der Waals surface area (Å²) in [6, 6.07) is 1.74. The van der Waals surface area contributed by atoms with Gasteiger partial charge in [0, 0.05) is 0 Å². The van der Waals surface area contributed by atoms with Crippen LogP contribution in [0.2, 0.25) is 0 Å². The zero-order chi connectivity index (χ0) is 13.9. The second kappa shape index (κ2) is 4.95. The first-order valence-corrected chi connectivity index (χ1v) is 4.22. The number of ether oxygens (including phenoxy) is 1. The number of nitriles is 1. The van der Waals surface area contributed by atoms with Crippen LogP contribution in [0.15, 0.2) is 6.07 Å². The van der Waals surface area contributed by atoms with Crippen LogP contribution in [0.25, 0.3) is 0 Å². The van der Waals surface area contributed by atoms with Crippen LogP contribution in [-0.2, 0) is 0 Å². The Labute approximate surface area is 96.6 Å². The van der Waals surface area contributed by atoms with Crippen LogP contribution in [-0.4, -0.2) is 17.6 Å². The lowest BCUT2D eigenvalue weighted by atomic mass is 10.1. The van der Waals surface area contributed by atoms with Crippen molar-refractivity contribution in [3.63, 3.8) is 0 Å². The van der Waals surface area contributed by atoms with Gasteiger partial charge in [-0.3, -0.25) is 4.79 Å². The number of halogens is 5. The molecule has 0 aliphatic heterocycles. The molecule has 0 saturated heterocycles. The van der Waals surface area contributed by atoms with Gasteiger partial charge < -0.3 is 4.74 Å². The van der Waals surface area contributed by atoms with Gasteiger partial charge in [0.15, 0.2) is 12.0 Å². The zero-order valence-corrected chi connectivity index (χ0v) is 8.33. The molecule has 0 aliphatic carbocycles. The van der Waals surface area contributed by atoms with E-state index in [1.54, 1.807) is 0 Å². The van der Waals surface area contributed by atoms with Gasteiger partial charge in [-0.05, 0) is 6.07 Å². The maximum atomic E-state index is 12.5. The van der Waals surface area contributed by atoms with Crippen LogP contribution in [0.5, 0.6) is 5.88 Å². The molecule has 0 aromatic carbocycles. The molecule has 96 valence electrons. The zero-order valence-electron chi connectivity index (χ0n) is 8.33. The molecule has 0 unspecified atom stereocenters. The van der Waals surface area contributed by atoms with Gasteiger partial charge in [0.25, 0.3) is 6.43 Å². The number of carbonyl (C=O) groups excluding carboxylic acids is 1. The Morgan fingerprint density at radius 3 is 2.44 bits per heavy atom. The molecule has 1 rings (SSSR count). The van der Waals surface area contributed by atoms with Crippen molar-refractivity contribution in [2.75, 3.05) is 0 Å². The van der Waals surface area contributed by atoms with Crippen LogP contribution in [0, 0.1) is 11.3 Å². The summed E-state index contributed by atoms with van der Waals surface area (Å²) in [7, 11) is 0. The maximum absolute atomic E-state index is 12.5. The van der Waals surface area contributed by atoms with Crippen LogP contribution in [0.3, 0.4) is 0 Å². The Bertz CT molecular complexity index is 507. The van der Waals surface area contributed by atoms with Crippen molar-refractivity contribution in [2.24, 2.45) is 0 Å². The number of carbonyl (C=O) groups is 1. The van der Waals surface area contributed by atoms with Crippen LogP contribution < -0.4 is 4.74 Å². The molecule has 0 saturated carbocycles. The largest absolute Gasteiger partial charge is 0.574 e. The lowest BCUT2D eigenvalue weighted by molar-refractivity contribution is -0.276. The van der Waals surface area contributed by atoms with Crippen LogP contribution in [0.4, 0.5) is 22.0 Å². The Hall–Kier alpha value is -2.24. The van der Waals surface area contributed by atoms with Crippen molar-refractivity contribution < 1.29 is 31.5 Å². The Balaban J connectivity index is 3.39. The first-order chi connectivity index (χ1) is 8.28. The summed E-state index contributed by atoms with van der Waals surface area (Å²) in [5.74, 6) is -1.44. The lowest BCUT2D eigenvalue weighted by Crippen LogP contribution is -2.19. The van der Waals surface area contributed by atoms with E-state index in [2.05, 4.69) is 9.72 Å². The van der Waals surface area contributed by atoms with Crippen molar-refractivity contribution in [1.29, 1.82) is 5.26 Å². The molecule has 0 bridgehead atoms. The van der Waals surface area contributed by atoms with Crippen LogP contribution in [0.1, 0.15) is 28.0 Å². The van der Waals surface area contributed by atoms with E-state index in [-0.39, 0.29) is 6.29 Å². The van der Waals surface area contributed by atoms with Crippen molar-refractivity contribution in [1.82, 2.24) is 4.98 Å². The maximum Gasteiger partial charge on any atom is 0.574 e. The molecule has 0 radical (unpaired) electrons. The molecule has 0 N–H and O–H groups in total. The summed E-state index contributed by atoms with van der Waals surface area (Å²) in [4.78, 5) is 13.4. The normalized spacial score (nSPS) is 11.2. The summed E-state index contributed by atoms with van der Waals surface area (Å²) >= 11 is 0. The van der Waals surface area contributed by atoms with Crippen LogP contribution >= 0.6 is 0 Å². The smallest absolute Gasteiger partial charge is 0.387 e. The summed E-state index contributed by atoms with van der Waals surface area (Å²) in [6.07, 6.45) is -8.53. The fourth-order valence-corrected chi connectivity index (χ4v) is 1.06. The van der Waals surface area contributed by atoms with Crippen molar-refractivity contribution >= 4 is 6.29 Å². The quantitative estimate of drug-likeness (QED) is 0.623. The van der Waals surface area contributed by atoms with E-state index in [1.165, 1.54) is 6.07 Å². The van der Waals surface area contributed by atoms with E-state index < -0.39 is 35.5 Å². The Kier molecular flexibility index (Phi) is 3.80.